The number of urea groups is 1. The van der Waals surface area contributed by atoms with Gasteiger partial charge in [0.1, 0.15) is 11.4 Å². The molecule has 31 heavy (non-hydrogen) atoms. The van der Waals surface area contributed by atoms with Gasteiger partial charge in [0.05, 0.1) is 11.0 Å². The SMILES string of the molecule is CC1(C)CC2(NC(=O)N(CCCN3CCC(O)CC3)C2=O)c2cc([N+](=O)[O-])ccc2O1. The van der Waals surface area contributed by atoms with Crippen molar-refractivity contribution in [2.45, 2.75) is 56.8 Å². The van der Waals surface area contributed by atoms with Gasteiger partial charge in [-0.05, 0) is 45.7 Å². The maximum Gasteiger partial charge on any atom is 0.325 e. The quantitative estimate of drug-likeness (QED) is 0.412. The number of imide groups is 1. The molecule has 0 aromatic heterocycles. The molecule has 3 aliphatic rings. The van der Waals surface area contributed by atoms with E-state index in [1.54, 1.807) is 0 Å². The van der Waals surface area contributed by atoms with Crippen molar-refractivity contribution in [3.8, 4) is 5.75 Å². The molecule has 0 saturated carbocycles. The van der Waals surface area contributed by atoms with E-state index in [2.05, 4.69) is 10.2 Å². The normalized spacial score (nSPS) is 26.0. The monoisotopic (exact) mass is 432 g/mol. The first kappa shape index (κ1) is 21.5. The van der Waals surface area contributed by atoms with Crippen molar-refractivity contribution >= 4 is 17.6 Å². The van der Waals surface area contributed by atoms with Crippen LogP contribution in [0, 0.1) is 10.1 Å². The van der Waals surface area contributed by atoms with Crippen LogP contribution in [0.3, 0.4) is 0 Å². The molecule has 0 aliphatic carbocycles. The fraction of sp³-hybridized carbons (Fsp3) is 0.619. The second kappa shape index (κ2) is 7.76. The summed E-state index contributed by atoms with van der Waals surface area (Å²) in [5.74, 6) is -0.0334. The second-order valence-corrected chi connectivity index (χ2v) is 9.19. The maximum absolute atomic E-state index is 13.5. The van der Waals surface area contributed by atoms with Gasteiger partial charge in [0.2, 0.25) is 0 Å². The number of nitrogens with zero attached hydrogens (tertiary/aromatic N) is 3. The zero-order valence-corrected chi connectivity index (χ0v) is 17.8. The highest BCUT2D eigenvalue weighted by molar-refractivity contribution is 6.08. The van der Waals surface area contributed by atoms with Crippen LogP contribution in [-0.4, -0.2) is 69.7 Å². The van der Waals surface area contributed by atoms with Crippen molar-refractivity contribution in [2.75, 3.05) is 26.2 Å². The minimum atomic E-state index is -1.38. The molecule has 1 aromatic rings. The number of amides is 3. The van der Waals surface area contributed by atoms with Crippen LogP contribution in [0.15, 0.2) is 18.2 Å². The van der Waals surface area contributed by atoms with Gasteiger partial charge < -0.3 is 20.1 Å². The van der Waals surface area contributed by atoms with Crippen LogP contribution in [0.25, 0.3) is 0 Å². The van der Waals surface area contributed by atoms with Crippen molar-refractivity contribution in [2.24, 2.45) is 0 Å². The van der Waals surface area contributed by atoms with E-state index >= 15 is 0 Å². The molecule has 0 bridgehead atoms. The molecule has 2 fully saturated rings. The Bertz CT molecular complexity index is 911. The van der Waals surface area contributed by atoms with E-state index in [0.29, 0.717) is 17.7 Å². The highest BCUT2D eigenvalue weighted by Crippen LogP contribution is 2.47. The van der Waals surface area contributed by atoms with Crippen molar-refractivity contribution in [3.05, 3.63) is 33.9 Å². The molecule has 3 amide bonds. The van der Waals surface area contributed by atoms with E-state index in [1.165, 1.54) is 23.1 Å². The average Bonchev–Trinajstić information content (AvgIpc) is 2.92. The first-order chi connectivity index (χ1) is 14.6. The topological polar surface area (TPSA) is 125 Å². The molecule has 10 nitrogen and oxygen atoms in total. The number of rotatable bonds is 5. The van der Waals surface area contributed by atoms with Crippen LogP contribution in [0.5, 0.6) is 5.75 Å². The third-order valence-electron chi connectivity index (χ3n) is 6.30. The number of fused-ring (bicyclic) bond motifs is 2. The Morgan fingerprint density at radius 1 is 1.26 bits per heavy atom. The Labute approximate surface area is 180 Å². The molecule has 10 heteroatoms. The lowest BCUT2D eigenvalue weighted by Gasteiger charge is -2.42. The Hall–Kier alpha value is -2.72. The number of nitrogens with one attached hydrogen (secondary N) is 1. The number of nitro benzene ring substituents is 1. The minimum absolute atomic E-state index is 0.158. The summed E-state index contributed by atoms with van der Waals surface area (Å²) < 4.78 is 5.96. The van der Waals surface area contributed by atoms with Crippen molar-refractivity contribution in [1.82, 2.24) is 15.1 Å². The second-order valence-electron chi connectivity index (χ2n) is 9.19. The van der Waals surface area contributed by atoms with Gasteiger partial charge >= 0.3 is 6.03 Å². The number of hydrogen-bond acceptors (Lipinski definition) is 7. The molecule has 2 N–H and O–H groups in total. The predicted molar refractivity (Wildman–Crippen MR) is 111 cm³/mol. The molecule has 168 valence electrons. The molecule has 2 saturated heterocycles. The maximum atomic E-state index is 13.5. The Kier molecular flexibility index (Phi) is 5.38. The van der Waals surface area contributed by atoms with Crippen molar-refractivity contribution < 1.29 is 24.4 Å². The van der Waals surface area contributed by atoms with Gasteiger partial charge in [-0.1, -0.05) is 0 Å². The highest BCUT2D eigenvalue weighted by Gasteiger charge is 2.58. The van der Waals surface area contributed by atoms with E-state index in [0.717, 1.165) is 32.5 Å². The number of carbonyl (C=O) groups excluding carboxylic acids is 2. The summed E-state index contributed by atoms with van der Waals surface area (Å²) in [7, 11) is 0. The summed E-state index contributed by atoms with van der Waals surface area (Å²) in [6, 6.07) is 3.66. The van der Waals surface area contributed by atoms with Crippen molar-refractivity contribution in [1.29, 1.82) is 0 Å². The van der Waals surface area contributed by atoms with Gasteiger partial charge in [0.15, 0.2) is 5.54 Å². The molecule has 1 spiro atoms. The molecule has 1 unspecified atom stereocenters. The smallest absolute Gasteiger partial charge is 0.325 e. The Morgan fingerprint density at radius 2 is 1.97 bits per heavy atom. The number of nitro groups is 1. The first-order valence-electron chi connectivity index (χ1n) is 10.6. The number of hydrogen-bond donors (Lipinski definition) is 2. The van der Waals surface area contributed by atoms with E-state index in [4.69, 9.17) is 4.74 Å². The molecule has 3 aliphatic heterocycles. The summed E-state index contributed by atoms with van der Waals surface area (Å²) in [6.45, 7) is 6.24. The summed E-state index contributed by atoms with van der Waals surface area (Å²) in [5, 5.41) is 23.8. The standard InChI is InChI=1S/C21H28N4O6/c1-20(2)13-21(16-12-14(25(29)30)4-5-17(16)31-20)18(27)24(19(28)22-21)9-3-8-23-10-6-15(26)7-11-23/h4-5,12,15,26H,3,6-11,13H2,1-2H3,(H,22,28). The van der Waals surface area contributed by atoms with Crippen LogP contribution in [-0.2, 0) is 10.3 Å². The number of non-ortho nitro benzene ring substituents is 1. The Balaban J connectivity index is 1.55. The van der Waals surface area contributed by atoms with Gasteiger partial charge in [-0.2, -0.15) is 0 Å². The van der Waals surface area contributed by atoms with Gasteiger partial charge in [-0.3, -0.25) is 19.8 Å². The fourth-order valence-electron chi connectivity index (χ4n) is 4.85. The molecule has 3 heterocycles. The number of aliphatic hydroxyl groups excluding tert-OH is 1. The van der Waals surface area contributed by atoms with E-state index in [-0.39, 0.29) is 24.8 Å². The van der Waals surface area contributed by atoms with Crippen molar-refractivity contribution in [3.63, 3.8) is 0 Å². The number of likely N-dealkylation sites (tertiary alicyclic amines) is 1. The van der Waals surface area contributed by atoms with E-state index in [9.17, 15) is 24.8 Å². The molecular weight excluding hydrogens is 404 g/mol. The lowest BCUT2D eigenvalue weighted by atomic mass is 9.77. The minimum Gasteiger partial charge on any atom is -0.487 e. The fourth-order valence-corrected chi connectivity index (χ4v) is 4.85. The van der Waals surface area contributed by atoms with Gasteiger partial charge in [0.25, 0.3) is 11.6 Å². The number of carbonyl (C=O) groups is 2. The largest absolute Gasteiger partial charge is 0.487 e. The predicted octanol–water partition coefficient (Wildman–Crippen LogP) is 1.75. The van der Waals surface area contributed by atoms with Crippen LogP contribution >= 0.6 is 0 Å². The lowest BCUT2D eigenvalue weighted by Crippen LogP contribution is -2.53. The molecule has 1 atom stereocenters. The number of ether oxygens (including phenoxy) is 1. The van der Waals surface area contributed by atoms with E-state index < -0.39 is 28.0 Å². The summed E-state index contributed by atoms with van der Waals surface area (Å²) >= 11 is 0. The molecule has 1 aromatic carbocycles. The highest BCUT2D eigenvalue weighted by atomic mass is 16.6. The van der Waals surface area contributed by atoms with Crippen LogP contribution in [0.2, 0.25) is 0 Å². The van der Waals surface area contributed by atoms with Gasteiger partial charge in [-0.25, -0.2) is 4.79 Å². The zero-order valence-electron chi connectivity index (χ0n) is 17.8. The summed E-state index contributed by atoms with van der Waals surface area (Å²) in [4.78, 5) is 40.5. The summed E-state index contributed by atoms with van der Waals surface area (Å²) in [5.41, 5.74) is -1.95. The van der Waals surface area contributed by atoms with Crippen LogP contribution in [0.4, 0.5) is 10.5 Å². The summed E-state index contributed by atoms with van der Waals surface area (Å²) in [6.07, 6.45) is 2.02. The zero-order chi connectivity index (χ0) is 22.4. The third-order valence-corrected chi connectivity index (χ3v) is 6.30. The van der Waals surface area contributed by atoms with E-state index in [1.807, 2.05) is 13.8 Å². The first-order valence-corrected chi connectivity index (χ1v) is 10.6. The average molecular weight is 432 g/mol. The number of piperidine rings is 1. The van der Waals surface area contributed by atoms with Gasteiger partial charge in [0, 0.05) is 43.8 Å². The number of aliphatic hydroxyl groups is 1. The third kappa shape index (κ3) is 3.97. The Morgan fingerprint density at radius 3 is 2.65 bits per heavy atom. The molecular formula is C21H28N4O6. The molecule has 0 radical (unpaired) electrons. The lowest BCUT2D eigenvalue weighted by molar-refractivity contribution is -0.385. The van der Waals surface area contributed by atoms with Crippen LogP contribution < -0.4 is 10.1 Å². The van der Waals surface area contributed by atoms with Crippen LogP contribution in [0.1, 0.15) is 45.1 Å². The van der Waals surface area contributed by atoms with Gasteiger partial charge in [-0.15, -0.1) is 0 Å². The number of benzene rings is 1. The molecule has 4 rings (SSSR count).